The minimum absolute atomic E-state index is 0.760. The fourth-order valence-electron chi connectivity index (χ4n) is 1.61. The van der Waals surface area contributed by atoms with E-state index >= 15 is 0 Å². The fourth-order valence-corrected chi connectivity index (χ4v) is 1.61. The summed E-state index contributed by atoms with van der Waals surface area (Å²) in [5, 5.41) is 0. The molecule has 1 aliphatic rings. The first-order valence-corrected chi connectivity index (χ1v) is 5.38. The van der Waals surface area contributed by atoms with E-state index in [0.29, 0.717) is 0 Å². The number of hydrogen-bond acceptors (Lipinski definition) is 2. The standard InChI is InChI=1S/C11H22N2/c1-4-5-6-12-7-8-13(10-12)9-11(2)3/h7-8,11H,4-6,9-10H2,1-3H3. The van der Waals surface area contributed by atoms with E-state index in [9.17, 15) is 0 Å². The smallest absolute Gasteiger partial charge is 0.0893 e. The molecule has 76 valence electrons. The molecule has 0 amide bonds. The molecule has 0 aromatic rings. The van der Waals surface area contributed by atoms with Gasteiger partial charge in [-0.2, -0.15) is 0 Å². The molecule has 0 N–H and O–H groups in total. The van der Waals surface area contributed by atoms with Gasteiger partial charge in [0.15, 0.2) is 0 Å². The molecule has 1 aliphatic heterocycles. The number of hydrogen-bond donors (Lipinski definition) is 0. The van der Waals surface area contributed by atoms with E-state index in [1.165, 1.54) is 25.9 Å². The largest absolute Gasteiger partial charge is 0.359 e. The second kappa shape index (κ2) is 5.15. The maximum atomic E-state index is 2.39. The Hall–Kier alpha value is -0.660. The highest BCUT2D eigenvalue weighted by Gasteiger charge is 2.11. The van der Waals surface area contributed by atoms with Crippen molar-refractivity contribution in [1.82, 2.24) is 9.80 Å². The zero-order valence-electron chi connectivity index (χ0n) is 9.16. The van der Waals surface area contributed by atoms with Gasteiger partial charge in [-0.3, -0.25) is 0 Å². The molecule has 0 aromatic heterocycles. The minimum atomic E-state index is 0.760. The fraction of sp³-hybridized carbons (Fsp3) is 0.818. The van der Waals surface area contributed by atoms with Crippen molar-refractivity contribution >= 4 is 0 Å². The van der Waals surface area contributed by atoms with Crippen LogP contribution in [0.5, 0.6) is 0 Å². The quantitative estimate of drug-likeness (QED) is 0.644. The molecular weight excluding hydrogens is 160 g/mol. The molecule has 1 rings (SSSR count). The Balaban J connectivity index is 2.18. The van der Waals surface area contributed by atoms with Crippen molar-refractivity contribution in [2.24, 2.45) is 5.92 Å². The van der Waals surface area contributed by atoms with Gasteiger partial charge < -0.3 is 9.80 Å². The molecule has 0 aliphatic carbocycles. The van der Waals surface area contributed by atoms with Gasteiger partial charge in [-0.15, -0.1) is 0 Å². The third-order valence-electron chi connectivity index (χ3n) is 2.25. The first kappa shape index (κ1) is 10.4. The summed E-state index contributed by atoms with van der Waals surface area (Å²) >= 11 is 0. The molecule has 0 atom stereocenters. The van der Waals surface area contributed by atoms with Gasteiger partial charge in [-0.1, -0.05) is 27.2 Å². The van der Waals surface area contributed by atoms with E-state index in [1.807, 2.05) is 0 Å². The van der Waals surface area contributed by atoms with Crippen molar-refractivity contribution in [3.05, 3.63) is 12.4 Å². The van der Waals surface area contributed by atoms with Crippen LogP contribution in [0.3, 0.4) is 0 Å². The van der Waals surface area contributed by atoms with Crippen LogP contribution in [0.2, 0.25) is 0 Å². The van der Waals surface area contributed by atoms with Crippen molar-refractivity contribution in [3.8, 4) is 0 Å². The van der Waals surface area contributed by atoms with Crippen molar-refractivity contribution < 1.29 is 0 Å². The van der Waals surface area contributed by atoms with Crippen LogP contribution in [-0.4, -0.2) is 29.6 Å². The van der Waals surface area contributed by atoms with Gasteiger partial charge in [0, 0.05) is 25.5 Å². The Morgan fingerprint density at radius 1 is 1.23 bits per heavy atom. The molecule has 0 aromatic carbocycles. The normalized spacial score (nSPS) is 16.3. The third kappa shape index (κ3) is 3.71. The zero-order valence-corrected chi connectivity index (χ0v) is 9.16. The van der Waals surface area contributed by atoms with Gasteiger partial charge in [0.25, 0.3) is 0 Å². The van der Waals surface area contributed by atoms with Crippen LogP contribution in [0, 0.1) is 5.92 Å². The lowest BCUT2D eigenvalue weighted by atomic mass is 10.2. The molecule has 2 nitrogen and oxygen atoms in total. The molecule has 0 fully saturated rings. The average molecular weight is 182 g/mol. The highest BCUT2D eigenvalue weighted by Crippen LogP contribution is 2.09. The summed E-state index contributed by atoms with van der Waals surface area (Å²) in [7, 11) is 0. The van der Waals surface area contributed by atoms with Crippen LogP contribution >= 0.6 is 0 Å². The maximum absolute atomic E-state index is 2.39. The molecule has 0 unspecified atom stereocenters. The highest BCUT2D eigenvalue weighted by molar-refractivity contribution is 4.90. The Bertz CT molecular complexity index is 163. The van der Waals surface area contributed by atoms with Gasteiger partial charge in [-0.05, 0) is 12.3 Å². The van der Waals surface area contributed by atoms with Gasteiger partial charge in [0.1, 0.15) is 0 Å². The molecule has 2 heteroatoms. The van der Waals surface area contributed by atoms with E-state index < -0.39 is 0 Å². The van der Waals surface area contributed by atoms with E-state index in [4.69, 9.17) is 0 Å². The lowest BCUT2D eigenvalue weighted by molar-refractivity contribution is 0.244. The lowest BCUT2D eigenvalue weighted by Gasteiger charge is -2.22. The van der Waals surface area contributed by atoms with Crippen LogP contribution in [0.1, 0.15) is 33.6 Å². The summed E-state index contributed by atoms with van der Waals surface area (Å²) in [4.78, 5) is 4.78. The summed E-state index contributed by atoms with van der Waals surface area (Å²) < 4.78 is 0. The predicted octanol–water partition coefficient (Wildman–Crippen LogP) is 2.49. The minimum Gasteiger partial charge on any atom is -0.359 e. The molecule has 0 spiro atoms. The Kier molecular flexibility index (Phi) is 4.13. The maximum Gasteiger partial charge on any atom is 0.0893 e. The highest BCUT2D eigenvalue weighted by atomic mass is 15.3. The average Bonchev–Trinajstić information content (AvgIpc) is 2.48. The Morgan fingerprint density at radius 3 is 2.54 bits per heavy atom. The van der Waals surface area contributed by atoms with Crippen LogP contribution < -0.4 is 0 Å². The van der Waals surface area contributed by atoms with E-state index in [0.717, 1.165) is 12.6 Å². The van der Waals surface area contributed by atoms with Crippen molar-refractivity contribution in [3.63, 3.8) is 0 Å². The van der Waals surface area contributed by atoms with E-state index in [1.54, 1.807) is 0 Å². The van der Waals surface area contributed by atoms with Crippen LogP contribution in [0.25, 0.3) is 0 Å². The molecule has 0 radical (unpaired) electrons. The second-order valence-corrected chi connectivity index (χ2v) is 4.27. The second-order valence-electron chi connectivity index (χ2n) is 4.27. The first-order valence-electron chi connectivity index (χ1n) is 5.38. The number of unbranched alkanes of at least 4 members (excludes halogenated alkanes) is 1. The van der Waals surface area contributed by atoms with Crippen molar-refractivity contribution in [2.75, 3.05) is 19.8 Å². The van der Waals surface area contributed by atoms with E-state index in [2.05, 4.69) is 43.0 Å². The first-order chi connectivity index (χ1) is 6.22. The van der Waals surface area contributed by atoms with Crippen molar-refractivity contribution in [2.45, 2.75) is 33.6 Å². The summed E-state index contributed by atoms with van der Waals surface area (Å²) in [5.41, 5.74) is 0. The zero-order chi connectivity index (χ0) is 9.68. The van der Waals surface area contributed by atoms with Gasteiger partial charge in [0.05, 0.1) is 6.67 Å². The van der Waals surface area contributed by atoms with Crippen LogP contribution in [0.4, 0.5) is 0 Å². The summed E-state index contributed by atoms with van der Waals surface area (Å²) in [6.45, 7) is 10.3. The van der Waals surface area contributed by atoms with Gasteiger partial charge in [-0.25, -0.2) is 0 Å². The molecule has 13 heavy (non-hydrogen) atoms. The van der Waals surface area contributed by atoms with Gasteiger partial charge >= 0.3 is 0 Å². The third-order valence-corrected chi connectivity index (χ3v) is 2.25. The molecular formula is C11H22N2. The topological polar surface area (TPSA) is 6.48 Å². The summed E-state index contributed by atoms with van der Waals surface area (Å²) in [6, 6.07) is 0. The Morgan fingerprint density at radius 2 is 1.92 bits per heavy atom. The molecule has 1 heterocycles. The number of rotatable bonds is 5. The van der Waals surface area contributed by atoms with Crippen LogP contribution in [0.15, 0.2) is 12.4 Å². The predicted molar refractivity (Wildman–Crippen MR) is 57.2 cm³/mol. The van der Waals surface area contributed by atoms with Gasteiger partial charge in [0.2, 0.25) is 0 Å². The van der Waals surface area contributed by atoms with Crippen molar-refractivity contribution in [1.29, 1.82) is 0 Å². The monoisotopic (exact) mass is 182 g/mol. The SMILES string of the molecule is CCCCN1C=CN(CC(C)C)C1. The lowest BCUT2D eigenvalue weighted by Crippen LogP contribution is -2.28. The van der Waals surface area contributed by atoms with Crippen LogP contribution in [-0.2, 0) is 0 Å². The van der Waals surface area contributed by atoms with E-state index in [-0.39, 0.29) is 0 Å². The summed E-state index contributed by atoms with van der Waals surface area (Å²) in [5.74, 6) is 0.760. The summed E-state index contributed by atoms with van der Waals surface area (Å²) in [6.07, 6.45) is 7.03. The Labute approximate surface area is 82.2 Å². The molecule has 0 saturated carbocycles. The molecule has 0 saturated heterocycles. The molecule has 0 bridgehead atoms. The number of nitrogens with zero attached hydrogens (tertiary/aromatic N) is 2.